The molecule has 0 aliphatic carbocycles. The average Bonchev–Trinajstić information content (AvgIpc) is 2.39. The first-order valence-corrected chi connectivity index (χ1v) is 5.36. The van der Waals surface area contributed by atoms with Gasteiger partial charge in [-0.1, -0.05) is 6.07 Å². The van der Waals surface area contributed by atoms with Gasteiger partial charge in [-0.25, -0.2) is 4.98 Å². The molecule has 1 aromatic heterocycles. The van der Waals surface area contributed by atoms with E-state index in [2.05, 4.69) is 9.88 Å². The summed E-state index contributed by atoms with van der Waals surface area (Å²) in [6.45, 7) is 2.43. The monoisotopic (exact) mass is 221 g/mol. The van der Waals surface area contributed by atoms with Crippen LogP contribution in [0.15, 0.2) is 24.4 Å². The maximum atomic E-state index is 11.3. The van der Waals surface area contributed by atoms with Crippen molar-refractivity contribution in [3.8, 4) is 0 Å². The van der Waals surface area contributed by atoms with Gasteiger partial charge >= 0.3 is 0 Å². The van der Waals surface area contributed by atoms with Gasteiger partial charge in [0.05, 0.1) is 0 Å². The Morgan fingerprint density at radius 3 is 2.62 bits per heavy atom. The maximum absolute atomic E-state index is 11.3. The average molecular weight is 221 g/mol. The number of piperazine rings is 1. The van der Waals surface area contributed by atoms with Crippen LogP contribution in [0, 0.1) is 0 Å². The van der Waals surface area contributed by atoms with Crippen molar-refractivity contribution in [2.45, 2.75) is 0 Å². The van der Waals surface area contributed by atoms with Gasteiger partial charge in [0.1, 0.15) is 12.4 Å². The molecule has 5 nitrogen and oxygen atoms in total. The number of aliphatic hydroxyl groups excluding tert-OH is 1. The highest BCUT2D eigenvalue weighted by Crippen LogP contribution is 2.12. The van der Waals surface area contributed by atoms with Crippen molar-refractivity contribution in [1.29, 1.82) is 0 Å². The lowest BCUT2D eigenvalue weighted by Crippen LogP contribution is -2.49. The first kappa shape index (κ1) is 10.9. The number of aliphatic hydroxyl groups is 1. The minimum absolute atomic E-state index is 0.194. The van der Waals surface area contributed by atoms with Gasteiger partial charge < -0.3 is 14.9 Å². The van der Waals surface area contributed by atoms with Crippen LogP contribution in [0.2, 0.25) is 0 Å². The Kier molecular flexibility index (Phi) is 3.36. The Morgan fingerprint density at radius 1 is 1.31 bits per heavy atom. The predicted molar refractivity (Wildman–Crippen MR) is 60.1 cm³/mol. The number of carbonyl (C=O) groups excluding carboxylic acids is 1. The van der Waals surface area contributed by atoms with Crippen LogP contribution in [0.25, 0.3) is 0 Å². The smallest absolute Gasteiger partial charge is 0.248 e. The lowest BCUT2D eigenvalue weighted by atomic mass is 10.3. The van der Waals surface area contributed by atoms with Gasteiger partial charge in [-0.3, -0.25) is 4.79 Å². The van der Waals surface area contributed by atoms with Crippen molar-refractivity contribution in [3.05, 3.63) is 24.4 Å². The highest BCUT2D eigenvalue weighted by Gasteiger charge is 2.20. The summed E-state index contributed by atoms with van der Waals surface area (Å²) in [5, 5.41) is 8.75. The quantitative estimate of drug-likeness (QED) is 0.746. The number of anilines is 1. The van der Waals surface area contributed by atoms with Crippen LogP contribution in [0.4, 0.5) is 5.82 Å². The number of rotatable bonds is 2. The molecule has 1 aromatic rings. The fourth-order valence-electron chi connectivity index (χ4n) is 1.83. The van der Waals surface area contributed by atoms with E-state index in [-0.39, 0.29) is 5.91 Å². The molecule has 2 heterocycles. The van der Waals surface area contributed by atoms with E-state index < -0.39 is 6.61 Å². The first-order chi connectivity index (χ1) is 7.81. The molecule has 86 valence electrons. The molecule has 0 aromatic carbocycles. The largest absolute Gasteiger partial charge is 0.387 e. The van der Waals surface area contributed by atoms with Crippen molar-refractivity contribution >= 4 is 11.7 Å². The Labute approximate surface area is 94.3 Å². The van der Waals surface area contributed by atoms with Crippen LogP contribution in [0.5, 0.6) is 0 Å². The lowest BCUT2D eigenvalue weighted by molar-refractivity contribution is -0.134. The van der Waals surface area contributed by atoms with Crippen LogP contribution >= 0.6 is 0 Å². The Hall–Kier alpha value is -1.62. The van der Waals surface area contributed by atoms with Gasteiger partial charge in [0.15, 0.2) is 0 Å². The predicted octanol–water partition coefficient (Wildman–Crippen LogP) is -0.278. The summed E-state index contributed by atoms with van der Waals surface area (Å²) in [5.74, 6) is 0.749. The molecule has 1 aliphatic heterocycles. The minimum atomic E-state index is -0.399. The second-order valence-electron chi connectivity index (χ2n) is 3.71. The molecule has 1 aliphatic rings. The van der Waals surface area contributed by atoms with E-state index in [0.717, 1.165) is 18.9 Å². The molecule has 0 atom stereocenters. The first-order valence-electron chi connectivity index (χ1n) is 5.36. The Balaban J connectivity index is 1.93. The molecule has 1 amide bonds. The van der Waals surface area contributed by atoms with E-state index in [0.29, 0.717) is 13.1 Å². The van der Waals surface area contributed by atoms with Gasteiger partial charge in [0.25, 0.3) is 0 Å². The van der Waals surface area contributed by atoms with Gasteiger partial charge in [-0.2, -0.15) is 0 Å². The summed E-state index contributed by atoms with van der Waals surface area (Å²) in [7, 11) is 0. The fourth-order valence-corrected chi connectivity index (χ4v) is 1.83. The van der Waals surface area contributed by atoms with E-state index in [1.165, 1.54) is 0 Å². The van der Waals surface area contributed by atoms with Crippen molar-refractivity contribution < 1.29 is 9.90 Å². The van der Waals surface area contributed by atoms with Crippen molar-refractivity contribution in [2.75, 3.05) is 37.7 Å². The molecule has 1 N–H and O–H groups in total. The Morgan fingerprint density at radius 2 is 2.06 bits per heavy atom. The standard InChI is InChI=1S/C11H15N3O2/c15-9-11(16)14-7-5-13(6-8-14)10-3-1-2-4-12-10/h1-4,15H,5-9H2. The van der Waals surface area contributed by atoms with Gasteiger partial charge in [0, 0.05) is 32.4 Å². The number of hydrogen-bond donors (Lipinski definition) is 1. The van der Waals surface area contributed by atoms with Crippen LogP contribution < -0.4 is 4.90 Å². The maximum Gasteiger partial charge on any atom is 0.248 e. The zero-order valence-corrected chi connectivity index (χ0v) is 9.04. The second-order valence-corrected chi connectivity index (χ2v) is 3.71. The van der Waals surface area contributed by atoms with Crippen molar-refractivity contribution in [2.24, 2.45) is 0 Å². The molecule has 2 rings (SSSR count). The molecule has 0 radical (unpaired) electrons. The molecule has 1 saturated heterocycles. The summed E-state index contributed by atoms with van der Waals surface area (Å²) in [6, 6.07) is 5.80. The van der Waals surface area contributed by atoms with Crippen LogP contribution in [0.1, 0.15) is 0 Å². The SMILES string of the molecule is O=C(CO)N1CCN(c2ccccn2)CC1. The summed E-state index contributed by atoms with van der Waals surface area (Å²) >= 11 is 0. The highest BCUT2D eigenvalue weighted by molar-refractivity contribution is 5.77. The van der Waals surface area contributed by atoms with Gasteiger partial charge in [-0.15, -0.1) is 0 Å². The number of pyridine rings is 1. The molecular weight excluding hydrogens is 206 g/mol. The molecule has 0 unspecified atom stereocenters. The molecular formula is C11H15N3O2. The van der Waals surface area contributed by atoms with E-state index >= 15 is 0 Å². The number of hydrogen-bond acceptors (Lipinski definition) is 4. The summed E-state index contributed by atoms with van der Waals surface area (Å²) in [5.41, 5.74) is 0. The van der Waals surface area contributed by atoms with Crippen molar-refractivity contribution in [3.63, 3.8) is 0 Å². The fraction of sp³-hybridized carbons (Fsp3) is 0.455. The number of aromatic nitrogens is 1. The Bertz CT molecular complexity index is 348. The minimum Gasteiger partial charge on any atom is -0.387 e. The summed E-state index contributed by atoms with van der Waals surface area (Å²) in [6.07, 6.45) is 1.76. The van der Waals surface area contributed by atoms with Crippen LogP contribution in [-0.4, -0.2) is 53.7 Å². The molecule has 0 spiro atoms. The normalized spacial score (nSPS) is 16.3. The zero-order valence-electron chi connectivity index (χ0n) is 9.04. The van der Waals surface area contributed by atoms with Gasteiger partial charge in [-0.05, 0) is 12.1 Å². The summed E-state index contributed by atoms with van der Waals surface area (Å²) in [4.78, 5) is 19.3. The van der Waals surface area contributed by atoms with E-state index in [1.54, 1.807) is 11.1 Å². The highest BCUT2D eigenvalue weighted by atomic mass is 16.3. The van der Waals surface area contributed by atoms with Crippen LogP contribution in [-0.2, 0) is 4.79 Å². The third kappa shape index (κ3) is 2.30. The summed E-state index contributed by atoms with van der Waals surface area (Å²) < 4.78 is 0. The van der Waals surface area contributed by atoms with E-state index in [4.69, 9.17) is 5.11 Å². The molecule has 1 fully saturated rings. The molecule has 16 heavy (non-hydrogen) atoms. The lowest BCUT2D eigenvalue weighted by Gasteiger charge is -2.35. The molecule has 5 heteroatoms. The molecule has 0 bridgehead atoms. The molecule has 0 saturated carbocycles. The topological polar surface area (TPSA) is 56.7 Å². The second kappa shape index (κ2) is 4.94. The third-order valence-electron chi connectivity index (χ3n) is 2.74. The number of amides is 1. The number of carbonyl (C=O) groups is 1. The number of nitrogens with zero attached hydrogens (tertiary/aromatic N) is 3. The van der Waals surface area contributed by atoms with E-state index in [1.807, 2.05) is 18.2 Å². The van der Waals surface area contributed by atoms with Gasteiger partial charge in [0.2, 0.25) is 5.91 Å². The van der Waals surface area contributed by atoms with Crippen LogP contribution in [0.3, 0.4) is 0 Å². The van der Waals surface area contributed by atoms with E-state index in [9.17, 15) is 4.79 Å². The third-order valence-corrected chi connectivity index (χ3v) is 2.74. The zero-order chi connectivity index (χ0) is 11.4. The van der Waals surface area contributed by atoms with Crippen molar-refractivity contribution in [1.82, 2.24) is 9.88 Å².